The number of morpholine rings is 1. The van der Waals surface area contributed by atoms with Gasteiger partial charge in [-0.2, -0.15) is 4.98 Å². The van der Waals surface area contributed by atoms with E-state index >= 15 is 0 Å². The Bertz CT molecular complexity index is 1240. The maximum absolute atomic E-state index is 14.4. The molecule has 10 nitrogen and oxygen atoms in total. The lowest BCUT2D eigenvalue weighted by Gasteiger charge is -2.26. The predicted molar refractivity (Wildman–Crippen MR) is 133 cm³/mol. The van der Waals surface area contributed by atoms with Crippen molar-refractivity contribution in [3.63, 3.8) is 0 Å². The molecule has 186 valence electrons. The van der Waals surface area contributed by atoms with Gasteiger partial charge in [-0.3, -0.25) is 9.62 Å². The third-order valence-electron chi connectivity index (χ3n) is 5.11. The third kappa shape index (κ3) is 7.50. The van der Waals surface area contributed by atoms with Crippen molar-refractivity contribution < 1.29 is 22.3 Å². The van der Waals surface area contributed by atoms with E-state index < -0.39 is 15.8 Å². The topological polar surface area (TPSA) is 118 Å². The van der Waals surface area contributed by atoms with Gasteiger partial charge < -0.3 is 20.1 Å². The van der Waals surface area contributed by atoms with E-state index in [1.54, 1.807) is 24.3 Å². The molecule has 0 bridgehead atoms. The highest BCUT2D eigenvalue weighted by Gasteiger charge is 2.13. The molecule has 2 heterocycles. The highest BCUT2D eigenvalue weighted by atomic mass is 32.2. The van der Waals surface area contributed by atoms with E-state index in [0.717, 1.165) is 51.1 Å². The molecule has 1 fully saturated rings. The monoisotopic (exact) mass is 502 g/mol. The van der Waals surface area contributed by atoms with Gasteiger partial charge in [0.25, 0.3) is 0 Å². The Balaban J connectivity index is 1.37. The fourth-order valence-corrected chi connectivity index (χ4v) is 3.98. The van der Waals surface area contributed by atoms with Crippen LogP contribution in [0.4, 0.5) is 33.2 Å². The fourth-order valence-electron chi connectivity index (χ4n) is 3.40. The summed E-state index contributed by atoms with van der Waals surface area (Å²) in [6.07, 6.45) is 2.07. The molecule has 0 amide bonds. The largest absolute Gasteiger partial charge is 0.492 e. The first-order chi connectivity index (χ1) is 16.9. The SMILES string of the molecule is CS(=O)(=O)Nc1ccccc1Nc1nc(Nc2ccc(OCCN3CCOCC3)cc2)ncc1F. The zero-order chi connectivity index (χ0) is 24.7. The fraction of sp³-hybridized carbons (Fsp3) is 0.304. The summed E-state index contributed by atoms with van der Waals surface area (Å²) in [5.41, 5.74) is 1.31. The molecule has 4 rings (SSSR count). The summed E-state index contributed by atoms with van der Waals surface area (Å²) < 4.78 is 51.2. The summed E-state index contributed by atoms with van der Waals surface area (Å²) in [5, 5.41) is 5.85. The number of aromatic nitrogens is 2. The number of para-hydroxylation sites is 2. The van der Waals surface area contributed by atoms with Gasteiger partial charge >= 0.3 is 0 Å². The molecule has 35 heavy (non-hydrogen) atoms. The van der Waals surface area contributed by atoms with Crippen LogP contribution in [0, 0.1) is 5.82 Å². The second kappa shape index (κ2) is 11.3. The number of ether oxygens (including phenoxy) is 2. The molecule has 1 aliphatic rings. The highest BCUT2D eigenvalue weighted by Crippen LogP contribution is 2.27. The van der Waals surface area contributed by atoms with Crippen LogP contribution in [0.5, 0.6) is 5.75 Å². The first-order valence-corrected chi connectivity index (χ1v) is 12.9. The minimum atomic E-state index is -3.51. The standard InChI is InChI=1S/C23H27FN6O4S/c1-35(31,32)29-21-5-3-2-4-20(21)27-22-19(24)16-25-23(28-22)26-17-6-8-18(9-7-17)34-15-12-30-10-13-33-14-11-30/h2-9,16,29H,10-15H2,1H3,(H2,25,26,27,28). The normalized spacial score (nSPS) is 14.3. The van der Waals surface area contributed by atoms with E-state index in [1.807, 2.05) is 24.3 Å². The zero-order valence-electron chi connectivity index (χ0n) is 19.2. The van der Waals surface area contributed by atoms with Crippen molar-refractivity contribution in [3.8, 4) is 5.75 Å². The van der Waals surface area contributed by atoms with Crippen LogP contribution in [-0.4, -0.2) is 69.0 Å². The minimum absolute atomic E-state index is 0.103. The molecule has 3 aromatic rings. The van der Waals surface area contributed by atoms with E-state index in [4.69, 9.17) is 9.47 Å². The van der Waals surface area contributed by atoms with Gasteiger partial charge in [-0.1, -0.05) is 12.1 Å². The number of sulfonamides is 1. The van der Waals surface area contributed by atoms with Gasteiger partial charge in [0.2, 0.25) is 16.0 Å². The summed E-state index contributed by atoms with van der Waals surface area (Å²) in [7, 11) is -3.51. The summed E-state index contributed by atoms with van der Waals surface area (Å²) in [4.78, 5) is 10.5. The number of halogens is 1. The molecule has 1 saturated heterocycles. The van der Waals surface area contributed by atoms with Crippen molar-refractivity contribution in [2.24, 2.45) is 0 Å². The molecule has 0 unspecified atom stereocenters. The van der Waals surface area contributed by atoms with Crippen LogP contribution in [-0.2, 0) is 14.8 Å². The van der Waals surface area contributed by atoms with Crippen molar-refractivity contribution in [1.29, 1.82) is 0 Å². The Morgan fingerprint density at radius 2 is 1.77 bits per heavy atom. The first-order valence-electron chi connectivity index (χ1n) is 11.0. The van der Waals surface area contributed by atoms with Gasteiger partial charge in [0.1, 0.15) is 12.4 Å². The molecular weight excluding hydrogens is 475 g/mol. The second-order valence-corrected chi connectivity index (χ2v) is 9.64. The van der Waals surface area contributed by atoms with Crippen molar-refractivity contribution in [1.82, 2.24) is 14.9 Å². The number of hydrogen-bond acceptors (Lipinski definition) is 9. The summed E-state index contributed by atoms with van der Waals surface area (Å²) in [5.74, 6) is 0.117. The van der Waals surface area contributed by atoms with E-state index in [1.165, 1.54) is 0 Å². The minimum Gasteiger partial charge on any atom is -0.492 e. The zero-order valence-corrected chi connectivity index (χ0v) is 20.0. The molecule has 0 radical (unpaired) electrons. The van der Waals surface area contributed by atoms with Crippen molar-refractivity contribution >= 4 is 38.9 Å². The number of benzene rings is 2. The molecule has 0 saturated carbocycles. The Morgan fingerprint density at radius 1 is 1.06 bits per heavy atom. The van der Waals surface area contributed by atoms with Gasteiger partial charge in [-0.15, -0.1) is 0 Å². The van der Waals surface area contributed by atoms with Crippen molar-refractivity contribution in [3.05, 3.63) is 60.5 Å². The summed E-state index contributed by atoms with van der Waals surface area (Å²) in [6, 6.07) is 13.8. The molecule has 3 N–H and O–H groups in total. The molecule has 1 aliphatic heterocycles. The lowest BCUT2D eigenvalue weighted by Crippen LogP contribution is -2.38. The quantitative estimate of drug-likeness (QED) is 0.384. The van der Waals surface area contributed by atoms with Crippen LogP contribution in [0.15, 0.2) is 54.7 Å². The van der Waals surface area contributed by atoms with Gasteiger partial charge in [0.15, 0.2) is 11.6 Å². The predicted octanol–water partition coefficient (Wildman–Crippen LogP) is 3.19. The first kappa shape index (κ1) is 24.6. The van der Waals surface area contributed by atoms with E-state index in [9.17, 15) is 12.8 Å². The van der Waals surface area contributed by atoms with Crippen LogP contribution in [0.2, 0.25) is 0 Å². The Kier molecular flexibility index (Phi) is 7.95. The number of hydrogen-bond donors (Lipinski definition) is 3. The van der Waals surface area contributed by atoms with Gasteiger partial charge in [-0.25, -0.2) is 17.8 Å². The maximum atomic E-state index is 14.4. The van der Waals surface area contributed by atoms with Crippen LogP contribution in [0.1, 0.15) is 0 Å². The van der Waals surface area contributed by atoms with Crippen LogP contribution in [0.25, 0.3) is 0 Å². The van der Waals surface area contributed by atoms with Crippen molar-refractivity contribution in [2.75, 3.05) is 61.1 Å². The van der Waals surface area contributed by atoms with E-state index in [-0.39, 0.29) is 17.5 Å². The molecule has 0 spiro atoms. The number of rotatable bonds is 10. The van der Waals surface area contributed by atoms with Gasteiger partial charge in [0.05, 0.1) is 37.0 Å². The van der Waals surface area contributed by atoms with Crippen LogP contribution in [0.3, 0.4) is 0 Å². The van der Waals surface area contributed by atoms with Crippen LogP contribution >= 0.6 is 0 Å². The lowest BCUT2D eigenvalue weighted by molar-refractivity contribution is 0.0322. The molecule has 12 heteroatoms. The average Bonchev–Trinajstić information content (AvgIpc) is 2.83. The smallest absolute Gasteiger partial charge is 0.229 e. The highest BCUT2D eigenvalue weighted by molar-refractivity contribution is 7.92. The lowest BCUT2D eigenvalue weighted by atomic mass is 10.2. The Morgan fingerprint density at radius 3 is 2.49 bits per heavy atom. The van der Waals surface area contributed by atoms with E-state index in [2.05, 4.69) is 30.2 Å². The number of nitrogens with one attached hydrogen (secondary N) is 3. The maximum Gasteiger partial charge on any atom is 0.229 e. The molecule has 2 aromatic carbocycles. The molecule has 0 atom stereocenters. The third-order valence-corrected chi connectivity index (χ3v) is 5.70. The average molecular weight is 503 g/mol. The molecule has 1 aromatic heterocycles. The molecular formula is C23H27FN6O4S. The van der Waals surface area contributed by atoms with Gasteiger partial charge in [0, 0.05) is 25.3 Å². The van der Waals surface area contributed by atoms with Crippen molar-refractivity contribution in [2.45, 2.75) is 0 Å². The van der Waals surface area contributed by atoms with Crippen LogP contribution < -0.4 is 20.1 Å². The van der Waals surface area contributed by atoms with E-state index in [0.29, 0.717) is 18.0 Å². The summed E-state index contributed by atoms with van der Waals surface area (Å²) in [6.45, 7) is 4.77. The Labute approximate surface area is 203 Å². The number of anilines is 5. The number of nitrogens with zero attached hydrogens (tertiary/aromatic N) is 3. The Hall–Kier alpha value is -3.48. The van der Waals surface area contributed by atoms with Gasteiger partial charge in [-0.05, 0) is 36.4 Å². The summed E-state index contributed by atoms with van der Waals surface area (Å²) >= 11 is 0. The molecule has 0 aliphatic carbocycles. The second-order valence-electron chi connectivity index (χ2n) is 7.89.